The number of halogens is 5. The molecule has 0 aliphatic rings. The average molecular weight is 354 g/mol. The highest BCUT2D eigenvalue weighted by Crippen LogP contribution is 2.43. The van der Waals surface area contributed by atoms with Gasteiger partial charge in [0.05, 0.1) is 0 Å². The number of carbonyl (C=O) groups excluding carboxylic acids is 1. The number of nitrogens with one attached hydrogen (secondary N) is 1. The molecule has 2 aromatic rings. The third-order valence-corrected chi connectivity index (χ3v) is 3.09. The molecule has 11 heteroatoms. The van der Waals surface area contributed by atoms with Crippen LogP contribution in [0.4, 0.5) is 22.0 Å². The Morgan fingerprint density at radius 3 is 2.52 bits per heavy atom. The second kappa shape index (κ2) is 5.95. The van der Waals surface area contributed by atoms with Crippen LogP contribution in [-0.4, -0.2) is 39.0 Å². The number of hydrogen-bond donors (Lipinski definition) is 2. The van der Waals surface area contributed by atoms with Gasteiger partial charge in [0.15, 0.2) is 11.3 Å². The molecule has 0 saturated heterocycles. The summed E-state index contributed by atoms with van der Waals surface area (Å²) in [7, 11) is 0. The van der Waals surface area contributed by atoms with Crippen LogP contribution in [0.3, 0.4) is 0 Å². The zero-order valence-corrected chi connectivity index (χ0v) is 12.6. The number of amides is 1. The van der Waals surface area contributed by atoms with E-state index in [2.05, 4.69) is 28.0 Å². The van der Waals surface area contributed by atoms with Crippen LogP contribution in [0.2, 0.25) is 0 Å². The van der Waals surface area contributed by atoms with Crippen LogP contribution in [0.1, 0.15) is 21.9 Å². The van der Waals surface area contributed by atoms with E-state index in [1.807, 2.05) is 0 Å². The van der Waals surface area contributed by atoms with E-state index in [1.54, 1.807) is 0 Å². The molecular weight excluding hydrogens is 343 g/mol. The van der Waals surface area contributed by atoms with E-state index in [0.29, 0.717) is 16.3 Å². The number of aromatic nitrogens is 3. The summed E-state index contributed by atoms with van der Waals surface area (Å²) in [6, 6.07) is 1.62. The van der Waals surface area contributed by atoms with Crippen molar-refractivity contribution in [2.24, 2.45) is 0 Å². The Hall–Kier alpha value is -1.91. The van der Waals surface area contributed by atoms with E-state index < -0.39 is 23.7 Å². The monoisotopic (exact) mass is 354 g/mol. The summed E-state index contributed by atoms with van der Waals surface area (Å²) in [5.41, 5.74) is -2.05. The number of alkyl halides is 5. The van der Waals surface area contributed by atoms with Crippen molar-refractivity contribution in [1.82, 2.24) is 19.9 Å². The largest absolute Gasteiger partial charge is 0.459 e. The highest BCUT2D eigenvalue weighted by atomic mass is 32.1. The Bertz CT molecular complexity index is 743. The van der Waals surface area contributed by atoms with Crippen LogP contribution < -0.4 is 5.32 Å². The zero-order chi connectivity index (χ0) is 17.4. The Labute approximate surface area is 132 Å². The predicted octanol–water partition coefficient (Wildman–Crippen LogP) is 2.35. The van der Waals surface area contributed by atoms with Gasteiger partial charge < -0.3 is 5.32 Å². The average Bonchev–Trinajstić information content (AvgIpc) is 2.86. The van der Waals surface area contributed by atoms with E-state index in [4.69, 9.17) is 0 Å². The van der Waals surface area contributed by atoms with Gasteiger partial charge in [0.25, 0.3) is 5.91 Å². The van der Waals surface area contributed by atoms with Crippen molar-refractivity contribution >= 4 is 24.2 Å². The zero-order valence-electron chi connectivity index (χ0n) is 11.7. The van der Waals surface area contributed by atoms with E-state index in [0.717, 1.165) is 6.07 Å². The lowest BCUT2D eigenvalue weighted by Gasteiger charge is -2.20. The number of nitrogens with zero attached hydrogens (tertiary/aromatic N) is 3. The van der Waals surface area contributed by atoms with E-state index in [-0.39, 0.29) is 23.6 Å². The molecular formula is C12H11F5N4OS. The molecule has 0 bridgehead atoms. The number of aryl methyl sites for hydroxylation is 1. The molecule has 0 aromatic carbocycles. The lowest BCUT2D eigenvalue weighted by molar-refractivity contribution is -0.291. The highest BCUT2D eigenvalue weighted by Gasteiger charge is 2.60. The van der Waals surface area contributed by atoms with Crippen molar-refractivity contribution in [2.45, 2.75) is 19.0 Å². The quantitative estimate of drug-likeness (QED) is 0.655. The smallest absolute Gasteiger partial charge is 0.350 e. The van der Waals surface area contributed by atoms with Crippen molar-refractivity contribution in [3.05, 3.63) is 29.2 Å². The molecule has 1 amide bonds. The van der Waals surface area contributed by atoms with Crippen LogP contribution in [0, 0.1) is 6.92 Å². The molecule has 0 atom stereocenters. The molecule has 0 fully saturated rings. The summed E-state index contributed by atoms with van der Waals surface area (Å²) in [4.78, 5) is 15.6. The molecule has 0 unspecified atom stereocenters. The molecule has 2 heterocycles. The lowest BCUT2D eigenvalue weighted by Crippen LogP contribution is -2.36. The van der Waals surface area contributed by atoms with Crippen molar-refractivity contribution < 1.29 is 26.7 Å². The third kappa shape index (κ3) is 3.23. The molecule has 126 valence electrons. The summed E-state index contributed by atoms with van der Waals surface area (Å²) < 4.78 is 65.5. The van der Waals surface area contributed by atoms with Gasteiger partial charge in [-0.1, -0.05) is 0 Å². The van der Waals surface area contributed by atoms with Gasteiger partial charge in [-0.2, -0.15) is 39.7 Å². The number of hydrogen-bond acceptors (Lipinski definition) is 4. The summed E-state index contributed by atoms with van der Waals surface area (Å²) in [5, 5.41) is 5.91. The molecule has 1 N–H and O–H groups in total. The SMILES string of the molecule is Cc1cc(C(F)(F)C(F)(F)F)n2nc(C(=O)NCCS)cc2n1. The first-order chi connectivity index (χ1) is 10.6. The molecule has 5 nitrogen and oxygen atoms in total. The van der Waals surface area contributed by atoms with Gasteiger partial charge >= 0.3 is 12.1 Å². The molecule has 0 spiro atoms. The van der Waals surface area contributed by atoms with Crippen molar-refractivity contribution in [3.8, 4) is 0 Å². The molecule has 0 saturated carbocycles. The van der Waals surface area contributed by atoms with Crippen LogP contribution in [0.5, 0.6) is 0 Å². The number of thiol groups is 1. The maximum atomic E-state index is 13.7. The van der Waals surface area contributed by atoms with Gasteiger partial charge in [-0.25, -0.2) is 9.50 Å². The Morgan fingerprint density at radius 1 is 1.30 bits per heavy atom. The fraction of sp³-hybridized carbons (Fsp3) is 0.417. The minimum absolute atomic E-state index is 0.0568. The number of carbonyl (C=O) groups is 1. The van der Waals surface area contributed by atoms with Gasteiger partial charge in [0, 0.05) is 24.1 Å². The number of rotatable bonds is 4. The van der Waals surface area contributed by atoms with Crippen molar-refractivity contribution in [1.29, 1.82) is 0 Å². The van der Waals surface area contributed by atoms with Gasteiger partial charge in [-0.05, 0) is 13.0 Å². The minimum Gasteiger partial charge on any atom is -0.350 e. The molecule has 2 aromatic heterocycles. The molecule has 0 aliphatic heterocycles. The summed E-state index contributed by atoms with van der Waals surface area (Å²) >= 11 is 3.88. The lowest BCUT2D eigenvalue weighted by atomic mass is 10.2. The molecule has 0 radical (unpaired) electrons. The van der Waals surface area contributed by atoms with Gasteiger partial charge in [-0.3, -0.25) is 4.79 Å². The molecule has 0 aliphatic carbocycles. The summed E-state index contributed by atoms with van der Waals surface area (Å²) in [6.07, 6.45) is -5.80. The van der Waals surface area contributed by atoms with Gasteiger partial charge in [0.2, 0.25) is 0 Å². The van der Waals surface area contributed by atoms with Crippen LogP contribution in [0.25, 0.3) is 5.65 Å². The number of fused-ring (bicyclic) bond motifs is 1. The van der Waals surface area contributed by atoms with Gasteiger partial charge in [0.1, 0.15) is 5.69 Å². The predicted molar refractivity (Wildman–Crippen MR) is 73.9 cm³/mol. The maximum Gasteiger partial charge on any atom is 0.459 e. The normalized spacial score (nSPS) is 12.7. The van der Waals surface area contributed by atoms with Crippen molar-refractivity contribution in [2.75, 3.05) is 12.3 Å². The molecule has 2 rings (SSSR count). The topological polar surface area (TPSA) is 59.3 Å². The first kappa shape index (κ1) is 17.4. The summed E-state index contributed by atoms with van der Waals surface area (Å²) in [6.45, 7) is 1.46. The Balaban J connectivity index is 2.59. The molecule has 23 heavy (non-hydrogen) atoms. The summed E-state index contributed by atoms with van der Waals surface area (Å²) in [5.74, 6) is -5.53. The van der Waals surface area contributed by atoms with Crippen LogP contribution >= 0.6 is 12.6 Å². The maximum absolute atomic E-state index is 13.7. The van der Waals surface area contributed by atoms with Gasteiger partial charge in [-0.15, -0.1) is 0 Å². The van der Waals surface area contributed by atoms with E-state index in [9.17, 15) is 26.7 Å². The highest BCUT2D eigenvalue weighted by molar-refractivity contribution is 7.80. The van der Waals surface area contributed by atoms with E-state index >= 15 is 0 Å². The third-order valence-electron chi connectivity index (χ3n) is 2.86. The fourth-order valence-electron chi connectivity index (χ4n) is 1.84. The second-order valence-electron chi connectivity index (χ2n) is 4.63. The Morgan fingerprint density at radius 2 is 1.96 bits per heavy atom. The fourth-order valence-corrected chi connectivity index (χ4v) is 1.95. The Kier molecular flexibility index (Phi) is 4.51. The first-order valence-electron chi connectivity index (χ1n) is 6.29. The second-order valence-corrected chi connectivity index (χ2v) is 5.08. The van der Waals surface area contributed by atoms with Crippen molar-refractivity contribution in [3.63, 3.8) is 0 Å². The van der Waals surface area contributed by atoms with Crippen LogP contribution in [-0.2, 0) is 5.92 Å². The minimum atomic E-state index is -5.80. The van der Waals surface area contributed by atoms with E-state index in [1.165, 1.54) is 6.92 Å². The first-order valence-corrected chi connectivity index (χ1v) is 6.92. The standard InChI is InChI=1S/C12H11F5N4OS/c1-6-4-8(11(13,14)12(15,16)17)21-9(19-6)5-7(20-21)10(22)18-2-3-23/h4-5,23H,2-3H2,1H3,(H,18,22). The van der Waals surface area contributed by atoms with Crippen LogP contribution in [0.15, 0.2) is 12.1 Å².